The fraction of sp³-hybridized carbons (Fsp3) is 0.409. The molecule has 1 aliphatic rings. The molecule has 0 aliphatic carbocycles. The number of carbonyl (C=O) groups is 1. The molecule has 3 aromatic rings. The van der Waals surface area contributed by atoms with E-state index < -0.39 is 0 Å². The molecule has 0 unspecified atom stereocenters. The van der Waals surface area contributed by atoms with Crippen molar-refractivity contribution < 1.29 is 14.3 Å². The maximum Gasteiger partial charge on any atom is 0.224 e. The van der Waals surface area contributed by atoms with Gasteiger partial charge in [-0.2, -0.15) is 4.98 Å². The molecule has 1 aliphatic heterocycles. The van der Waals surface area contributed by atoms with Gasteiger partial charge in [-0.3, -0.25) is 4.79 Å². The lowest BCUT2D eigenvalue weighted by Crippen LogP contribution is -2.37. The Labute approximate surface area is 175 Å². The summed E-state index contributed by atoms with van der Waals surface area (Å²) in [7, 11) is 1.99. The molecule has 2 aromatic heterocycles. The fourth-order valence-corrected chi connectivity index (χ4v) is 3.70. The molecule has 0 atom stereocenters. The molecule has 0 spiro atoms. The number of fused-ring (bicyclic) bond motifs is 1. The Morgan fingerprint density at radius 2 is 2.03 bits per heavy atom. The van der Waals surface area contributed by atoms with Crippen LogP contribution < -0.4 is 15.0 Å². The molecule has 1 fully saturated rings. The largest absolute Gasteiger partial charge is 0.476 e. The molecule has 0 bridgehead atoms. The highest BCUT2D eigenvalue weighted by molar-refractivity contribution is 5.89. The first kappa shape index (κ1) is 20.2. The number of rotatable bonds is 7. The van der Waals surface area contributed by atoms with E-state index in [-0.39, 0.29) is 5.91 Å². The number of aromatic nitrogens is 3. The first-order valence-corrected chi connectivity index (χ1v) is 10.2. The van der Waals surface area contributed by atoms with Crippen LogP contribution in [0.3, 0.4) is 0 Å². The zero-order valence-electron chi connectivity index (χ0n) is 17.4. The van der Waals surface area contributed by atoms with Crippen LogP contribution >= 0.6 is 0 Å². The van der Waals surface area contributed by atoms with Crippen LogP contribution in [0.15, 0.2) is 36.5 Å². The molecule has 1 saturated heterocycles. The first-order valence-electron chi connectivity index (χ1n) is 10.2. The van der Waals surface area contributed by atoms with Crippen molar-refractivity contribution in [3.05, 3.63) is 47.9 Å². The fourth-order valence-electron chi connectivity index (χ4n) is 3.70. The summed E-state index contributed by atoms with van der Waals surface area (Å²) in [4.78, 5) is 23.4. The van der Waals surface area contributed by atoms with Crippen LogP contribution in [-0.2, 0) is 23.0 Å². The van der Waals surface area contributed by atoms with Crippen LogP contribution in [0.5, 0.6) is 5.88 Å². The minimum absolute atomic E-state index is 0.0252. The third-order valence-electron chi connectivity index (χ3n) is 5.14. The molecule has 4 rings (SSSR count). The number of anilines is 1. The van der Waals surface area contributed by atoms with Crippen LogP contribution in [0.1, 0.15) is 11.4 Å². The maximum absolute atomic E-state index is 12.4. The van der Waals surface area contributed by atoms with Crippen molar-refractivity contribution in [3.63, 3.8) is 0 Å². The van der Waals surface area contributed by atoms with Crippen LogP contribution in [0.25, 0.3) is 10.9 Å². The zero-order valence-corrected chi connectivity index (χ0v) is 17.4. The second-order valence-electron chi connectivity index (χ2n) is 7.37. The van der Waals surface area contributed by atoms with Crippen molar-refractivity contribution in [3.8, 4) is 5.88 Å². The van der Waals surface area contributed by atoms with E-state index in [9.17, 15) is 4.79 Å². The number of benzene rings is 1. The van der Waals surface area contributed by atoms with Gasteiger partial charge in [-0.1, -0.05) is 18.2 Å². The third-order valence-corrected chi connectivity index (χ3v) is 5.14. The van der Waals surface area contributed by atoms with Gasteiger partial charge >= 0.3 is 0 Å². The molecule has 0 saturated carbocycles. The minimum atomic E-state index is -0.0252. The Morgan fingerprint density at radius 1 is 1.23 bits per heavy atom. The Hall–Kier alpha value is -3.13. The van der Waals surface area contributed by atoms with Gasteiger partial charge in [-0.15, -0.1) is 0 Å². The topological polar surface area (TPSA) is 81.5 Å². The second kappa shape index (κ2) is 9.13. The Balaban J connectivity index is 1.28. The number of hydrogen-bond donors (Lipinski definition) is 1. The lowest BCUT2D eigenvalue weighted by atomic mass is 10.1. The minimum Gasteiger partial charge on any atom is -0.476 e. The van der Waals surface area contributed by atoms with Crippen LogP contribution in [-0.4, -0.2) is 59.9 Å². The third kappa shape index (κ3) is 4.71. The normalized spacial score (nSPS) is 14.1. The molecular formula is C22H27N5O3. The number of ether oxygens (including phenoxy) is 2. The lowest BCUT2D eigenvalue weighted by Gasteiger charge is -2.28. The standard InChI is InChI=1S/C22H27N5O3/c1-16-24-20(27-8-11-29-12-9-27)14-22(25-16)30-10-7-23-21(28)13-17-15-26(2)19-6-4-3-5-18(17)19/h3-6,14-15H,7-13H2,1-2H3,(H,23,28). The quantitative estimate of drug-likeness (QED) is 0.600. The van der Waals surface area contributed by atoms with Gasteiger partial charge in [0, 0.05) is 43.3 Å². The van der Waals surface area contributed by atoms with Gasteiger partial charge in [0.15, 0.2) is 0 Å². The molecule has 1 aromatic carbocycles. The number of nitrogens with zero attached hydrogens (tertiary/aromatic N) is 4. The number of para-hydroxylation sites is 1. The SMILES string of the molecule is Cc1nc(OCCNC(=O)Cc2cn(C)c3ccccc23)cc(N2CCOCC2)n1. The van der Waals surface area contributed by atoms with Gasteiger partial charge in [0.2, 0.25) is 11.8 Å². The Kier molecular flexibility index (Phi) is 6.13. The number of aryl methyl sites for hydroxylation is 2. The summed E-state index contributed by atoms with van der Waals surface area (Å²) in [6, 6.07) is 9.94. The smallest absolute Gasteiger partial charge is 0.224 e. The molecule has 8 nitrogen and oxygen atoms in total. The van der Waals surface area contributed by atoms with E-state index in [4.69, 9.17) is 9.47 Å². The number of morpholine rings is 1. The van der Waals surface area contributed by atoms with Crippen molar-refractivity contribution in [1.29, 1.82) is 0 Å². The molecule has 0 radical (unpaired) electrons. The van der Waals surface area contributed by atoms with E-state index in [1.807, 2.05) is 49.0 Å². The monoisotopic (exact) mass is 409 g/mol. The van der Waals surface area contributed by atoms with E-state index in [1.54, 1.807) is 0 Å². The highest BCUT2D eigenvalue weighted by Gasteiger charge is 2.15. The summed E-state index contributed by atoms with van der Waals surface area (Å²) < 4.78 is 13.2. The highest BCUT2D eigenvalue weighted by Crippen LogP contribution is 2.21. The van der Waals surface area contributed by atoms with Gasteiger partial charge in [0.1, 0.15) is 18.2 Å². The zero-order chi connectivity index (χ0) is 20.9. The average Bonchev–Trinajstić information content (AvgIpc) is 3.07. The number of hydrogen-bond acceptors (Lipinski definition) is 6. The van der Waals surface area contributed by atoms with E-state index in [0.717, 1.165) is 35.4 Å². The summed E-state index contributed by atoms with van der Waals surface area (Å²) in [5, 5.41) is 4.03. The molecule has 30 heavy (non-hydrogen) atoms. The van der Waals surface area contributed by atoms with E-state index >= 15 is 0 Å². The van der Waals surface area contributed by atoms with Crippen molar-refractivity contribution in [2.24, 2.45) is 7.05 Å². The van der Waals surface area contributed by atoms with Crippen LogP contribution in [0.2, 0.25) is 0 Å². The van der Waals surface area contributed by atoms with Gasteiger partial charge in [0.05, 0.1) is 26.2 Å². The van der Waals surface area contributed by atoms with Crippen molar-refractivity contribution in [1.82, 2.24) is 19.9 Å². The first-order chi connectivity index (χ1) is 14.6. The molecule has 3 heterocycles. The predicted octanol–water partition coefficient (Wildman–Crippen LogP) is 1.85. The van der Waals surface area contributed by atoms with Gasteiger partial charge in [-0.25, -0.2) is 4.98 Å². The highest BCUT2D eigenvalue weighted by atomic mass is 16.5. The lowest BCUT2D eigenvalue weighted by molar-refractivity contribution is -0.120. The van der Waals surface area contributed by atoms with E-state index in [2.05, 4.69) is 26.3 Å². The van der Waals surface area contributed by atoms with Crippen molar-refractivity contribution >= 4 is 22.6 Å². The predicted molar refractivity (Wildman–Crippen MR) is 115 cm³/mol. The molecule has 1 N–H and O–H groups in total. The molecular weight excluding hydrogens is 382 g/mol. The summed E-state index contributed by atoms with van der Waals surface area (Å²) in [5.41, 5.74) is 2.15. The average molecular weight is 409 g/mol. The number of nitrogens with one attached hydrogen (secondary N) is 1. The van der Waals surface area contributed by atoms with Crippen LogP contribution in [0, 0.1) is 6.92 Å². The number of amides is 1. The van der Waals surface area contributed by atoms with E-state index in [0.29, 0.717) is 44.5 Å². The maximum atomic E-state index is 12.4. The summed E-state index contributed by atoms with van der Waals surface area (Å²) in [6.45, 7) is 5.62. The summed E-state index contributed by atoms with van der Waals surface area (Å²) >= 11 is 0. The molecule has 8 heteroatoms. The molecule has 1 amide bonds. The number of carbonyl (C=O) groups excluding carboxylic acids is 1. The van der Waals surface area contributed by atoms with Crippen LogP contribution in [0.4, 0.5) is 5.82 Å². The Morgan fingerprint density at radius 3 is 2.87 bits per heavy atom. The van der Waals surface area contributed by atoms with Gasteiger partial charge < -0.3 is 24.3 Å². The van der Waals surface area contributed by atoms with Gasteiger partial charge in [0.25, 0.3) is 0 Å². The second-order valence-corrected chi connectivity index (χ2v) is 7.37. The van der Waals surface area contributed by atoms with Crippen molar-refractivity contribution in [2.75, 3.05) is 44.4 Å². The van der Waals surface area contributed by atoms with Crippen molar-refractivity contribution in [2.45, 2.75) is 13.3 Å². The Bertz CT molecular complexity index is 1030. The summed E-state index contributed by atoms with van der Waals surface area (Å²) in [5.74, 6) is 2.00. The van der Waals surface area contributed by atoms with E-state index in [1.165, 1.54) is 0 Å². The van der Waals surface area contributed by atoms with Gasteiger partial charge in [-0.05, 0) is 18.6 Å². The summed E-state index contributed by atoms with van der Waals surface area (Å²) in [6.07, 6.45) is 2.35. The molecule has 158 valence electrons.